The first-order chi connectivity index (χ1) is 15.5. The molecule has 2 N–H and O–H groups in total. The molecule has 0 aromatic heterocycles. The van der Waals surface area contributed by atoms with E-state index in [0.29, 0.717) is 25.2 Å². The summed E-state index contributed by atoms with van der Waals surface area (Å²) >= 11 is 0. The van der Waals surface area contributed by atoms with Gasteiger partial charge in [0.05, 0.1) is 18.6 Å². The summed E-state index contributed by atoms with van der Waals surface area (Å²) in [6.07, 6.45) is 0. The maximum Gasteiger partial charge on any atom is 0.292 e. The van der Waals surface area contributed by atoms with Crippen LogP contribution in [0.1, 0.15) is 21.5 Å². The van der Waals surface area contributed by atoms with Gasteiger partial charge in [-0.3, -0.25) is 19.8 Å². The van der Waals surface area contributed by atoms with Gasteiger partial charge in [-0.25, -0.2) is 0 Å². The van der Waals surface area contributed by atoms with Crippen molar-refractivity contribution in [2.45, 2.75) is 13.1 Å². The number of nitrogens with zero attached hydrogens (tertiary/aromatic N) is 2. The van der Waals surface area contributed by atoms with Gasteiger partial charge in [0.25, 0.3) is 11.6 Å². The number of carbonyl (C=O) groups is 1. The number of nitrogens with one attached hydrogen (secondary N) is 1. The molecular weight excluding hydrogens is 410 g/mol. The molecule has 0 bridgehead atoms. The fraction of sp³-hybridized carbons (Fsp3) is 0.208. The molecule has 0 aliphatic carbocycles. The van der Waals surface area contributed by atoms with Crippen molar-refractivity contribution in [3.8, 4) is 5.75 Å². The number of rotatable bonds is 10. The summed E-state index contributed by atoms with van der Waals surface area (Å²) in [4.78, 5) is 25.2. The highest BCUT2D eigenvalue weighted by Gasteiger charge is 2.16. The van der Waals surface area contributed by atoms with E-state index >= 15 is 0 Å². The predicted octanol–water partition coefficient (Wildman–Crippen LogP) is 3.85. The summed E-state index contributed by atoms with van der Waals surface area (Å²) in [6, 6.07) is 20.8. The number of carbonyl (C=O) groups excluding carboxylic acids is 1. The van der Waals surface area contributed by atoms with E-state index in [1.165, 1.54) is 12.1 Å². The number of ether oxygens (including phenoxy) is 1. The third-order valence-electron chi connectivity index (χ3n) is 4.95. The summed E-state index contributed by atoms with van der Waals surface area (Å²) in [6.45, 7) is 1.79. The molecule has 3 aromatic carbocycles. The second-order valence-corrected chi connectivity index (χ2v) is 7.21. The van der Waals surface area contributed by atoms with Crippen molar-refractivity contribution in [1.82, 2.24) is 4.90 Å². The molecule has 3 rings (SSSR count). The molecular formula is C24H25N3O5. The Morgan fingerprint density at radius 2 is 1.59 bits per heavy atom. The van der Waals surface area contributed by atoms with Crippen LogP contribution in [-0.2, 0) is 13.1 Å². The molecule has 0 heterocycles. The fourth-order valence-electron chi connectivity index (χ4n) is 3.30. The molecule has 0 aliphatic rings. The van der Waals surface area contributed by atoms with Crippen LogP contribution in [-0.4, -0.2) is 41.1 Å². The maximum atomic E-state index is 12.5. The normalized spacial score (nSPS) is 10.7. The largest absolute Gasteiger partial charge is 0.497 e. The molecule has 0 spiro atoms. The number of aliphatic hydroxyl groups is 1. The fourth-order valence-corrected chi connectivity index (χ4v) is 3.30. The number of aliphatic hydroxyl groups excluding tert-OH is 1. The SMILES string of the molecule is COc1ccc(CN(CCO)Cc2ccc(C(=O)Nc3ccccc3[N+](=O)[O-])cc2)cc1. The first-order valence-electron chi connectivity index (χ1n) is 10.1. The highest BCUT2D eigenvalue weighted by molar-refractivity contribution is 6.05. The van der Waals surface area contributed by atoms with E-state index in [4.69, 9.17) is 4.74 Å². The Kier molecular flexibility index (Phi) is 7.91. The zero-order chi connectivity index (χ0) is 22.9. The number of nitro groups is 1. The lowest BCUT2D eigenvalue weighted by Gasteiger charge is -2.22. The number of benzene rings is 3. The zero-order valence-electron chi connectivity index (χ0n) is 17.7. The van der Waals surface area contributed by atoms with Crippen LogP contribution in [0.4, 0.5) is 11.4 Å². The highest BCUT2D eigenvalue weighted by atomic mass is 16.6. The molecule has 0 fully saturated rings. The van der Waals surface area contributed by atoms with Crippen LogP contribution in [0.5, 0.6) is 5.75 Å². The lowest BCUT2D eigenvalue weighted by Crippen LogP contribution is -2.26. The van der Waals surface area contributed by atoms with Crippen molar-refractivity contribution in [1.29, 1.82) is 0 Å². The van der Waals surface area contributed by atoms with Gasteiger partial charge in [-0.05, 0) is 41.5 Å². The van der Waals surface area contributed by atoms with Crippen LogP contribution in [0.25, 0.3) is 0 Å². The third-order valence-corrected chi connectivity index (χ3v) is 4.95. The number of methoxy groups -OCH3 is 1. The molecule has 0 saturated carbocycles. The van der Waals surface area contributed by atoms with Gasteiger partial charge >= 0.3 is 0 Å². The Morgan fingerprint density at radius 3 is 2.16 bits per heavy atom. The molecule has 8 nitrogen and oxygen atoms in total. The number of para-hydroxylation sites is 2. The van der Waals surface area contributed by atoms with Crippen LogP contribution < -0.4 is 10.1 Å². The van der Waals surface area contributed by atoms with Crippen molar-refractivity contribution < 1.29 is 19.6 Å². The minimum Gasteiger partial charge on any atom is -0.497 e. The van der Waals surface area contributed by atoms with Crippen LogP contribution >= 0.6 is 0 Å². The van der Waals surface area contributed by atoms with Crippen molar-refractivity contribution in [3.05, 3.63) is 99.6 Å². The number of nitro benzene ring substituents is 1. The molecule has 0 aliphatic heterocycles. The summed E-state index contributed by atoms with van der Waals surface area (Å²) in [5.41, 5.74) is 2.47. The van der Waals surface area contributed by atoms with Crippen LogP contribution in [0, 0.1) is 10.1 Å². The molecule has 0 saturated heterocycles. The summed E-state index contributed by atoms with van der Waals surface area (Å²) < 4.78 is 5.18. The highest BCUT2D eigenvalue weighted by Crippen LogP contribution is 2.24. The van der Waals surface area contributed by atoms with Crippen LogP contribution in [0.15, 0.2) is 72.8 Å². The third kappa shape index (κ3) is 6.13. The molecule has 0 unspecified atom stereocenters. The Hall–Kier alpha value is -3.75. The first kappa shape index (κ1) is 22.9. The van der Waals surface area contributed by atoms with E-state index in [0.717, 1.165) is 16.9 Å². The van der Waals surface area contributed by atoms with Gasteiger partial charge in [-0.2, -0.15) is 0 Å². The monoisotopic (exact) mass is 435 g/mol. The minimum absolute atomic E-state index is 0.0342. The minimum atomic E-state index is -0.530. The average molecular weight is 435 g/mol. The predicted molar refractivity (Wildman–Crippen MR) is 122 cm³/mol. The van der Waals surface area contributed by atoms with Crippen molar-refractivity contribution in [3.63, 3.8) is 0 Å². The summed E-state index contributed by atoms with van der Waals surface area (Å²) in [7, 11) is 1.62. The second kappa shape index (κ2) is 11.0. The Morgan fingerprint density at radius 1 is 1.00 bits per heavy atom. The molecule has 166 valence electrons. The van der Waals surface area contributed by atoms with Crippen LogP contribution in [0.2, 0.25) is 0 Å². The van der Waals surface area contributed by atoms with Crippen LogP contribution in [0.3, 0.4) is 0 Å². The molecule has 0 radical (unpaired) electrons. The summed E-state index contributed by atoms with van der Waals surface area (Å²) in [5.74, 6) is 0.369. The molecule has 32 heavy (non-hydrogen) atoms. The van der Waals surface area contributed by atoms with Gasteiger partial charge in [0.1, 0.15) is 11.4 Å². The average Bonchev–Trinajstić information content (AvgIpc) is 2.80. The van der Waals surface area contributed by atoms with E-state index in [1.54, 1.807) is 31.4 Å². The molecule has 8 heteroatoms. The standard InChI is InChI=1S/C24H25N3O5/c1-32-21-12-8-19(9-13-21)17-26(14-15-28)16-18-6-10-20(11-7-18)24(29)25-22-4-2-3-5-23(22)27(30)31/h2-13,28H,14-17H2,1H3,(H,25,29). The van der Waals surface area contributed by atoms with Crippen molar-refractivity contribution in [2.24, 2.45) is 0 Å². The number of amides is 1. The second-order valence-electron chi connectivity index (χ2n) is 7.21. The lowest BCUT2D eigenvalue weighted by molar-refractivity contribution is -0.383. The van der Waals surface area contributed by atoms with Gasteiger partial charge in [0.2, 0.25) is 0 Å². The zero-order valence-corrected chi connectivity index (χ0v) is 17.7. The van der Waals surface area contributed by atoms with Gasteiger partial charge in [0, 0.05) is 31.3 Å². The number of anilines is 1. The van der Waals surface area contributed by atoms with Crippen molar-refractivity contribution in [2.75, 3.05) is 25.6 Å². The Balaban J connectivity index is 1.65. The van der Waals surface area contributed by atoms with E-state index in [9.17, 15) is 20.0 Å². The smallest absolute Gasteiger partial charge is 0.292 e. The number of hydrogen-bond donors (Lipinski definition) is 2. The molecule has 3 aromatic rings. The van der Waals surface area contributed by atoms with E-state index in [1.807, 2.05) is 36.4 Å². The molecule has 1 amide bonds. The topological polar surface area (TPSA) is 105 Å². The maximum absolute atomic E-state index is 12.5. The Labute approximate surface area is 186 Å². The van der Waals surface area contributed by atoms with Crippen molar-refractivity contribution >= 4 is 17.3 Å². The van der Waals surface area contributed by atoms with E-state index < -0.39 is 10.8 Å². The van der Waals surface area contributed by atoms with Gasteiger partial charge in [-0.15, -0.1) is 0 Å². The molecule has 0 atom stereocenters. The summed E-state index contributed by atoms with van der Waals surface area (Å²) in [5, 5.41) is 23.2. The van der Waals surface area contributed by atoms with E-state index in [2.05, 4.69) is 10.2 Å². The first-order valence-corrected chi connectivity index (χ1v) is 10.1. The number of hydrogen-bond acceptors (Lipinski definition) is 6. The Bertz CT molecular complexity index is 1050. The lowest BCUT2D eigenvalue weighted by atomic mass is 10.1. The van der Waals surface area contributed by atoms with Gasteiger partial charge in [0.15, 0.2) is 0 Å². The van der Waals surface area contributed by atoms with Gasteiger partial charge in [-0.1, -0.05) is 36.4 Å². The van der Waals surface area contributed by atoms with E-state index in [-0.39, 0.29) is 18.0 Å². The quantitative estimate of drug-likeness (QED) is 0.370. The van der Waals surface area contributed by atoms with Gasteiger partial charge < -0.3 is 15.2 Å².